The number of rotatable bonds is 7. The Morgan fingerprint density at radius 3 is 2.71 bits per heavy atom. The van der Waals surface area contributed by atoms with E-state index in [1.54, 1.807) is 17.5 Å². The average Bonchev–Trinajstić information content (AvgIpc) is 3.16. The Balaban J connectivity index is 1.45. The molecule has 1 amide bonds. The van der Waals surface area contributed by atoms with Gasteiger partial charge in [0.2, 0.25) is 5.91 Å². The maximum absolute atomic E-state index is 12.0. The van der Waals surface area contributed by atoms with Gasteiger partial charge in [0.25, 0.3) is 0 Å². The molecule has 24 heavy (non-hydrogen) atoms. The molecule has 0 unspecified atom stereocenters. The summed E-state index contributed by atoms with van der Waals surface area (Å²) in [5.41, 5.74) is 3.40. The highest BCUT2D eigenvalue weighted by Gasteiger charge is 2.04. The number of aromatic nitrogens is 1. The lowest BCUT2D eigenvalue weighted by Crippen LogP contribution is -2.22. The molecule has 0 atom stereocenters. The molecule has 0 saturated carbocycles. The second kappa shape index (κ2) is 8.41. The van der Waals surface area contributed by atoms with Crippen LogP contribution in [0.4, 0.5) is 0 Å². The fourth-order valence-electron chi connectivity index (χ4n) is 2.55. The molecule has 0 aliphatic heterocycles. The maximum atomic E-state index is 12.0. The van der Waals surface area contributed by atoms with Gasteiger partial charge in [0.1, 0.15) is 0 Å². The Morgan fingerprint density at radius 1 is 1.04 bits per heavy atom. The summed E-state index contributed by atoms with van der Waals surface area (Å²) in [6.45, 7) is 0.524. The molecule has 122 valence electrons. The zero-order valence-electron chi connectivity index (χ0n) is 13.4. The van der Waals surface area contributed by atoms with E-state index in [2.05, 4.69) is 39.9 Å². The van der Waals surface area contributed by atoms with E-state index in [0.717, 1.165) is 24.0 Å². The highest BCUT2D eigenvalue weighted by molar-refractivity contribution is 7.13. The molecular formula is C20H20N2OS. The van der Waals surface area contributed by atoms with E-state index in [1.807, 2.05) is 30.5 Å². The largest absolute Gasteiger partial charge is 0.352 e. The number of hydrogen-bond donors (Lipinski definition) is 1. The molecule has 0 aliphatic rings. The van der Waals surface area contributed by atoms with Crippen LogP contribution in [-0.2, 0) is 17.8 Å². The Hall–Kier alpha value is -2.46. The molecule has 2 heterocycles. The summed E-state index contributed by atoms with van der Waals surface area (Å²) in [5.74, 6) is 0.0902. The zero-order valence-corrected chi connectivity index (χ0v) is 14.3. The Labute approximate surface area is 146 Å². The van der Waals surface area contributed by atoms with Crippen molar-refractivity contribution >= 4 is 17.2 Å². The van der Waals surface area contributed by atoms with Crippen LogP contribution in [0.1, 0.15) is 24.0 Å². The normalized spacial score (nSPS) is 10.5. The number of carbonyl (C=O) groups is 1. The summed E-state index contributed by atoms with van der Waals surface area (Å²) in [5, 5.41) is 5.03. The number of pyridine rings is 1. The number of thiophene rings is 1. The Bertz CT molecular complexity index is 769. The molecule has 0 spiro atoms. The molecule has 2 aromatic heterocycles. The van der Waals surface area contributed by atoms with Crippen molar-refractivity contribution in [2.75, 3.05) is 0 Å². The second-order valence-corrected chi connectivity index (χ2v) is 6.62. The van der Waals surface area contributed by atoms with Gasteiger partial charge in [-0.05, 0) is 41.5 Å². The second-order valence-electron chi connectivity index (χ2n) is 5.68. The van der Waals surface area contributed by atoms with Crippen molar-refractivity contribution in [1.82, 2.24) is 10.3 Å². The molecular weight excluding hydrogens is 316 g/mol. The highest BCUT2D eigenvalue weighted by Crippen LogP contribution is 2.24. The van der Waals surface area contributed by atoms with Gasteiger partial charge in [-0.15, -0.1) is 11.3 Å². The highest BCUT2D eigenvalue weighted by atomic mass is 32.1. The van der Waals surface area contributed by atoms with Gasteiger partial charge in [-0.2, -0.15) is 0 Å². The first-order valence-corrected chi connectivity index (χ1v) is 8.97. The maximum Gasteiger partial charge on any atom is 0.220 e. The standard InChI is InChI=1S/C20H20N2OS/c23-20(10-4-8-16-6-2-1-3-7-16)22-14-17-12-18(15-21-13-17)19-9-5-11-24-19/h1-3,5-7,9,11-13,15H,4,8,10,14H2,(H,22,23). The minimum absolute atomic E-state index is 0.0902. The minimum atomic E-state index is 0.0902. The number of carbonyl (C=O) groups excluding carboxylic acids is 1. The van der Waals surface area contributed by atoms with E-state index in [9.17, 15) is 4.79 Å². The lowest BCUT2D eigenvalue weighted by atomic mass is 10.1. The fraction of sp³-hybridized carbons (Fsp3) is 0.200. The van der Waals surface area contributed by atoms with Crippen molar-refractivity contribution in [3.63, 3.8) is 0 Å². The van der Waals surface area contributed by atoms with Crippen molar-refractivity contribution in [2.24, 2.45) is 0 Å². The molecule has 0 saturated heterocycles. The Kier molecular flexibility index (Phi) is 5.75. The number of amides is 1. The van der Waals surface area contributed by atoms with Gasteiger partial charge in [0, 0.05) is 35.8 Å². The number of aryl methyl sites for hydroxylation is 1. The van der Waals surface area contributed by atoms with Gasteiger partial charge in [0.05, 0.1) is 0 Å². The SMILES string of the molecule is O=C(CCCc1ccccc1)NCc1cncc(-c2cccs2)c1. The summed E-state index contributed by atoms with van der Waals surface area (Å²) in [7, 11) is 0. The van der Waals surface area contributed by atoms with Gasteiger partial charge in [0.15, 0.2) is 0 Å². The van der Waals surface area contributed by atoms with Crippen molar-refractivity contribution in [3.8, 4) is 10.4 Å². The van der Waals surface area contributed by atoms with E-state index in [1.165, 1.54) is 10.4 Å². The molecule has 1 aromatic carbocycles. The van der Waals surface area contributed by atoms with E-state index in [4.69, 9.17) is 0 Å². The summed E-state index contributed by atoms with van der Waals surface area (Å²) in [4.78, 5) is 17.5. The topological polar surface area (TPSA) is 42.0 Å². The molecule has 0 aliphatic carbocycles. The fourth-order valence-corrected chi connectivity index (χ4v) is 3.26. The molecule has 0 fully saturated rings. The summed E-state index contributed by atoms with van der Waals surface area (Å²) >= 11 is 1.69. The molecule has 3 aromatic rings. The van der Waals surface area contributed by atoms with Gasteiger partial charge in [-0.1, -0.05) is 36.4 Å². The van der Waals surface area contributed by atoms with Crippen LogP contribution in [0.5, 0.6) is 0 Å². The number of nitrogens with zero attached hydrogens (tertiary/aromatic N) is 1. The predicted molar refractivity (Wildman–Crippen MR) is 98.8 cm³/mol. The van der Waals surface area contributed by atoms with E-state index in [-0.39, 0.29) is 5.91 Å². The summed E-state index contributed by atoms with van der Waals surface area (Å²) in [6.07, 6.45) is 6.01. The van der Waals surface area contributed by atoms with Crippen LogP contribution in [0.25, 0.3) is 10.4 Å². The van der Waals surface area contributed by atoms with Crippen molar-refractivity contribution in [3.05, 3.63) is 77.4 Å². The monoisotopic (exact) mass is 336 g/mol. The van der Waals surface area contributed by atoms with Crippen LogP contribution in [-0.4, -0.2) is 10.9 Å². The molecule has 0 bridgehead atoms. The van der Waals surface area contributed by atoms with Gasteiger partial charge in [-0.25, -0.2) is 0 Å². The number of benzene rings is 1. The van der Waals surface area contributed by atoms with Crippen LogP contribution < -0.4 is 5.32 Å². The lowest BCUT2D eigenvalue weighted by Gasteiger charge is -2.06. The molecule has 4 heteroatoms. The third kappa shape index (κ3) is 4.77. The average molecular weight is 336 g/mol. The Morgan fingerprint density at radius 2 is 1.92 bits per heavy atom. The van der Waals surface area contributed by atoms with Gasteiger partial charge >= 0.3 is 0 Å². The first kappa shape index (κ1) is 16.4. The summed E-state index contributed by atoms with van der Waals surface area (Å²) < 4.78 is 0. The van der Waals surface area contributed by atoms with Gasteiger partial charge in [-0.3, -0.25) is 9.78 Å². The van der Waals surface area contributed by atoms with Crippen LogP contribution in [0.15, 0.2) is 66.3 Å². The predicted octanol–water partition coefficient (Wildman–Crippen LogP) is 4.45. The number of nitrogens with one attached hydrogen (secondary N) is 1. The van der Waals surface area contributed by atoms with E-state index in [0.29, 0.717) is 13.0 Å². The third-order valence-corrected chi connectivity index (χ3v) is 4.72. The van der Waals surface area contributed by atoms with Crippen molar-refractivity contribution in [1.29, 1.82) is 0 Å². The van der Waals surface area contributed by atoms with Crippen molar-refractivity contribution in [2.45, 2.75) is 25.8 Å². The molecule has 3 rings (SSSR count). The zero-order chi connectivity index (χ0) is 16.6. The van der Waals surface area contributed by atoms with Crippen LogP contribution in [0.2, 0.25) is 0 Å². The van der Waals surface area contributed by atoms with E-state index < -0.39 is 0 Å². The van der Waals surface area contributed by atoms with Crippen molar-refractivity contribution < 1.29 is 4.79 Å². The lowest BCUT2D eigenvalue weighted by molar-refractivity contribution is -0.121. The smallest absolute Gasteiger partial charge is 0.220 e. The number of hydrogen-bond acceptors (Lipinski definition) is 3. The quantitative estimate of drug-likeness (QED) is 0.692. The molecule has 0 radical (unpaired) electrons. The van der Waals surface area contributed by atoms with Crippen LogP contribution >= 0.6 is 11.3 Å². The van der Waals surface area contributed by atoms with Gasteiger partial charge < -0.3 is 5.32 Å². The third-order valence-electron chi connectivity index (χ3n) is 3.80. The summed E-state index contributed by atoms with van der Waals surface area (Å²) in [6, 6.07) is 16.5. The van der Waals surface area contributed by atoms with E-state index >= 15 is 0 Å². The first-order valence-electron chi connectivity index (χ1n) is 8.10. The molecule has 1 N–H and O–H groups in total. The minimum Gasteiger partial charge on any atom is -0.352 e. The van der Waals surface area contributed by atoms with Crippen LogP contribution in [0, 0.1) is 0 Å². The molecule has 3 nitrogen and oxygen atoms in total. The first-order chi connectivity index (χ1) is 11.8. The van der Waals surface area contributed by atoms with Crippen LogP contribution in [0.3, 0.4) is 0 Å².